The lowest BCUT2D eigenvalue weighted by Gasteiger charge is -2.15. The van der Waals surface area contributed by atoms with Crippen molar-refractivity contribution in [2.24, 2.45) is 0 Å². The van der Waals surface area contributed by atoms with Gasteiger partial charge in [0.05, 0.1) is 19.6 Å². The van der Waals surface area contributed by atoms with Crippen molar-refractivity contribution in [3.8, 4) is 11.5 Å². The van der Waals surface area contributed by atoms with Crippen LogP contribution < -0.4 is 9.47 Å². The Hall–Kier alpha value is -0.940. The van der Waals surface area contributed by atoms with Gasteiger partial charge >= 0.3 is 0 Å². The Balaban J connectivity index is 2.41. The fourth-order valence-corrected chi connectivity index (χ4v) is 2.52. The predicted molar refractivity (Wildman–Crippen MR) is 86.4 cm³/mol. The summed E-state index contributed by atoms with van der Waals surface area (Å²) in [5.41, 5.74) is 1.94. The molecule has 2 rings (SSSR count). The maximum Gasteiger partial charge on any atom is 0.124 e. The van der Waals surface area contributed by atoms with E-state index >= 15 is 0 Å². The zero-order chi connectivity index (χ0) is 13.8. The third kappa shape index (κ3) is 3.34. The Morgan fingerprint density at radius 1 is 1.00 bits per heavy atom. The standard InChI is InChI=1S/C15H14ClIO2/c1-18-12-7-8-14(19-2)13(9-12)15(16)10-3-5-11(17)6-4-10/h3-9,15H,1-2H3. The molecule has 0 amide bonds. The van der Waals surface area contributed by atoms with Crippen LogP contribution in [0.2, 0.25) is 0 Å². The summed E-state index contributed by atoms with van der Waals surface area (Å²) in [5.74, 6) is 1.53. The quantitative estimate of drug-likeness (QED) is 0.561. The molecule has 2 nitrogen and oxygen atoms in total. The third-order valence-corrected chi connectivity index (χ3v) is 4.08. The molecule has 0 heterocycles. The zero-order valence-electron chi connectivity index (χ0n) is 10.7. The Labute approximate surface area is 131 Å². The van der Waals surface area contributed by atoms with E-state index in [1.807, 2.05) is 42.5 Å². The summed E-state index contributed by atoms with van der Waals surface area (Å²) in [7, 11) is 3.28. The van der Waals surface area contributed by atoms with Gasteiger partial charge in [-0.1, -0.05) is 12.1 Å². The summed E-state index contributed by atoms with van der Waals surface area (Å²) in [6, 6.07) is 13.8. The molecule has 0 aliphatic heterocycles. The molecule has 0 bridgehead atoms. The number of rotatable bonds is 4. The van der Waals surface area contributed by atoms with E-state index in [0.29, 0.717) is 0 Å². The van der Waals surface area contributed by atoms with Gasteiger partial charge in [0.15, 0.2) is 0 Å². The average molecular weight is 389 g/mol. The Bertz CT molecular complexity index is 555. The van der Waals surface area contributed by atoms with Gasteiger partial charge in [-0.25, -0.2) is 0 Å². The first kappa shape index (κ1) is 14.5. The second kappa shape index (κ2) is 6.48. The highest BCUT2D eigenvalue weighted by Gasteiger charge is 2.16. The lowest BCUT2D eigenvalue weighted by molar-refractivity contribution is 0.399. The van der Waals surface area contributed by atoms with E-state index in [9.17, 15) is 0 Å². The van der Waals surface area contributed by atoms with Crippen LogP contribution in [0.25, 0.3) is 0 Å². The molecule has 0 N–H and O–H groups in total. The Morgan fingerprint density at radius 3 is 2.26 bits per heavy atom. The van der Waals surface area contributed by atoms with Crippen molar-refractivity contribution in [1.82, 2.24) is 0 Å². The van der Waals surface area contributed by atoms with Crippen LogP contribution in [0, 0.1) is 3.57 Å². The van der Waals surface area contributed by atoms with Gasteiger partial charge in [0.25, 0.3) is 0 Å². The van der Waals surface area contributed by atoms with Gasteiger partial charge in [0.2, 0.25) is 0 Å². The number of alkyl halides is 1. The van der Waals surface area contributed by atoms with E-state index < -0.39 is 0 Å². The fourth-order valence-electron chi connectivity index (χ4n) is 1.85. The highest BCUT2D eigenvalue weighted by molar-refractivity contribution is 14.1. The molecule has 0 saturated carbocycles. The first-order valence-electron chi connectivity index (χ1n) is 5.77. The number of methoxy groups -OCH3 is 2. The molecular weight excluding hydrogens is 375 g/mol. The first-order valence-corrected chi connectivity index (χ1v) is 7.28. The Kier molecular flexibility index (Phi) is 4.93. The molecular formula is C15H14ClIO2. The maximum atomic E-state index is 6.56. The van der Waals surface area contributed by atoms with Crippen molar-refractivity contribution >= 4 is 34.2 Å². The van der Waals surface area contributed by atoms with E-state index in [-0.39, 0.29) is 5.38 Å². The number of benzene rings is 2. The van der Waals surface area contributed by atoms with Crippen molar-refractivity contribution in [2.45, 2.75) is 5.38 Å². The second-order valence-electron chi connectivity index (χ2n) is 4.02. The molecule has 0 radical (unpaired) electrons. The smallest absolute Gasteiger partial charge is 0.124 e. The molecule has 0 spiro atoms. The minimum absolute atomic E-state index is 0.262. The number of halogens is 2. The van der Waals surface area contributed by atoms with Gasteiger partial charge in [-0.05, 0) is 58.5 Å². The molecule has 2 aromatic carbocycles. The van der Waals surface area contributed by atoms with Crippen LogP contribution in [0.4, 0.5) is 0 Å². The SMILES string of the molecule is COc1ccc(OC)c(C(Cl)c2ccc(I)cc2)c1. The lowest BCUT2D eigenvalue weighted by Crippen LogP contribution is -1.98. The summed E-state index contributed by atoms with van der Waals surface area (Å²) >= 11 is 8.83. The predicted octanol–water partition coefficient (Wildman–Crippen LogP) is 4.64. The van der Waals surface area contributed by atoms with E-state index in [1.165, 1.54) is 3.57 Å². The molecule has 2 aromatic rings. The van der Waals surface area contributed by atoms with Crippen LogP contribution in [0.15, 0.2) is 42.5 Å². The fraction of sp³-hybridized carbons (Fsp3) is 0.200. The minimum Gasteiger partial charge on any atom is -0.497 e. The van der Waals surface area contributed by atoms with Crippen molar-refractivity contribution in [2.75, 3.05) is 14.2 Å². The molecule has 0 aromatic heterocycles. The van der Waals surface area contributed by atoms with Crippen LogP contribution in [0.5, 0.6) is 11.5 Å². The van der Waals surface area contributed by atoms with Crippen molar-refractivity contribution in [3.05, 3.63) is 57.2 Å². The second-order valence-corrected chi connectivity index (χ2v) is 5.70. The number of hydrogen-bond donors (Lipinski definition) is 0. The van der Waals surface area contributed by atoms with Gasteiger partial charge in [-0.15, -0.1) is 11.6 Å². The maximum absolute atomic E-state index is 6.56. The zero-order valence-corrected chi connectivity index (χ0v) is 13.6. The summed E-state index contributed by atoms with van der Waals surface area (Å²) in [4.78, 5) is 0. The molecule has 100 valence electrons. The van der Waals surface area contributed by atoms with Gasteiger partial charge in [0.1, 0.15) is 11.5 Å². The molecule has 4 heteroatoms. The summed E-state index contributed by atoms with van der Waals surface area (Å²) in [6.07, 6.45) is 0. The summed E-state index contributed by atoms with van der Waals surface area (Å²) in [6.45, 7) is 0. The normalized spacial score (nSPS) is 12.0. The summed E-state index contributed by atoms with van der Waals surface area (Å²) < 4.78 is 11.8. The number of hydrogen-bond acceptors (Lipinski definition) is 2. The van der Waals surface area contributed by atoms with Gasteiger partial charge in [-0.2, -0.15) is 0 Å². The molecule has 0 aliphatic carbocycles. The molecule has 0 aliphatic rings. The van der Waals surface area contributed by atoms with E-state index in [4.69, 9.17) is 21.1 Å². The largest absolute Gasteiger partial charge is 0.497 e. The van der Waals surface area contributed by atoms with Gasteiger partial charge < -0.3 is 9.47 Å². The van der Waals surface area contributed by atoms with Gasteiger partial charge in [-0.3, -0.25) is 0 Å². The monoisotopic (exact) mass is 388 g/mol. The van der Waals surface area contributed by atoms with Gasteiger partial charge in [0, 0.05) is 9.13 Å². The Morgan fingerprint density at radius 2 is 1.68 bits per heavy atom. The highest BCUT2D eigenvalue weighted by atomic mass is 127. The van der Waals surface area contributed by atoms with Crippen LogP contribution in [-0.2, 0) is 0 Å². The van der Waals surface area contributed by atoms with E-state index in [0.717, 1.165) is 22.6 Å². The molecule has 1 atom stereocenters. The van der Waals surface area contributed by atoms with E-state index in [2.05, 4.69) is 22.6 Å². The van der Waals surface area contributed by atoms with Crippen molar-refractivity contribution < 1.29 is 9.47 Å². The van der Waals surface area contributed by atoms with Crippen molar-refractivity contribution in [1.29, 1.82) is 0 Å². The average Bonchev–Trinajstić information content (AvgIpc) is 2.46. The minimum atomic E-state index is -0.262. The van der Waals surface area contributed by atoms with Crippen LogP contribution in [0.1, 0.15) is 16.5 Å². The van der Waals surface area contributed by atoms with Crippen molar-refractivity contribution in [3.63, 3.8) is 0 Å². The topological polar surface area (TPSA) is 18.5 Å². The third-order valence-electron chi connectivity index (χ3n) is 2.87. The lowest BCUT2D eigenvalue weighted by atomic mass is 10.0. The molecule has 19 heavy (non-hydrogen) atoms. The van der Waals surface area contributed by atoms with Crippen LogP contribution in [-0.4, -0.2) is 14.2 Å². The van der Waals surface area contributed by atoms with Crippen LogP contribution in [0.3, 0.4) is 0 Å². The molecule has 1 unspecified atom stereocenters. The highest BCUT2D eigenvalue weighted by Crippen LogP contribution is 2.37. The van der Waals surface area contributed by atoms with Crippen LogP contribution >= 0.6 is 34.2 Å². The number of ether oxygens (including phenoxy) is 2. The first-order chi connectivity index (χ1) is 9.15. The molecule has 0 fully saturated rings. The molecule has 0 saturated heterocycles. The summed E-state index contributed by atoms with van der Waals surface area (Å²) in [5, 5.41) is -0.262. The van der Waals surface area contributed by atoms with E-state index in [1.54, 1.807) is 14.2 Å².